The van der Waals surface area contributed by atoms with Gasteiger partial charge in [0.05, 0.1) is 17.8 Å². The van der Waals surface area contributed by atoms with Crippen LogP contribution in [0.3, 0.4) is 0 Å². The lowest BCUT2D eigenvalue weighted by atomic mass is 9.87. The van der Waals surface area contributed by atoms with Crippen molar-refractivity contribution in [3.63, 3.8) is 0 Å². The molecule has 0 unspecified atom stereocenters. The predicted molar refractivity (Wildman–Crippen MR) is 86.6 cm³/mol. The minimum atomic E-state index is -0.160. The number of hydrogen-bond acceptors (Lipinski definition) is 3. The van der Waals surface area contributed by atoms with Crippen LogP contribution in [0.4, 0.5) is 0 Å². The highest BCUT2D eigenvalue weighted by atomic mass is 16.2. The number of carbonyl (C=O) groups is 1. The van der Waals surface area contributed by atoms with Gasteiger partial charge in [-0.05, 0) is 26.7 Å². The molecule has 6 nitrogen and oxygen atoms in total. The summed E-state index contributed by atoms with van der Waals surface area (Å²) >= 11 is 0. The number of nitrogens with one attached hydrogen (secondary N) is 1. The standard InChI is InChI=1S/C17H22N4O2/c1-10(2)20-9-12-15(17(20)23)18-14-8-13(19-21(14)16(12)22)11-6-4-3-5-7-11/h8,10-11,18H,3-7,9H2,1-2H3. The number of fused-ring (bicyclic) bond motifs is 2. The molecule has 2 aromatic rings. The molecule has 1 amide bonds. The molecule has 3 heterocycles. The fraction of sp³-hybridized carbons (Fsp3) is 0.588. The van der Waals surface area contributed by atoms with Gasteiger partial charge in [-0.15, -0.1) is 0 Å². The van der Waals surface area contributed by atoms with Gasteiger partial charge < -0.3 is 9.88 Å². The minimum Gasteiger partial charge on any atom is -0.335 e. The monoisotopic (exact) mass is 314 g/mol. The van der Waals surface area contributed by atoms with Gasteiger partial charge in [-0.3, -0.25) is 9.59 Å². The number of H-pyrrole nitrogens is 1. The third-order valence-corrected chi connectivity index (χ3v) is 5.18. The first kappa shape index (κ1) is 14.5. The summed E-state index contributed by atoms with van der Waals surface area (Å²) in [6.07, 6.45) is 6.02. The lowest BCUT2D eigenvalue weighted by molar-refractivity contribution is 0.0726. The fourth-order valence-electron chi connectivity index (χ4n) is 3.81. The Labute approximate surface area is 134 Å². The summed E-state index contributed by atoms with van der Waals surface area (Å²) in [4.78, 5) is 30.1. The lowest BCUT2D eigenvalue weighted by Gasteiger charge is -2.19. The summed E-state index contributed by atoms with van der Waals surface area (Å²) in [5, 5.41) is 4.55. The minimum absolute atomic E-state index is 0.0767. The van der Waals surface area contributed by atoms with Crippen molar-refractivity contribution in [2.24, 2.45) is 0 Å². The molecule has 4 rings (SSSR count). The van der Waals surface area contributed by atoms with Crippen LogP contribution in [-0.4, -0.2) is 31.4 Å². The highest BCUT2D eigenvalue weighted by Crippen LogP contribution is 2.32. The quantitative estimate of drug-likeness (QED) is 0.925. The number of aromatic nitrogens is 3. The summed E-state index contributed by atoms with van der Waals surface area (Å²) < 4.78 is 1.44. The van der Waals surface area contributed by atoms with Crippen LogP contribution in [0.1, 0.15) is 73.6 Å². The predicted octanol–water partition coefficient (Wildman–Crippen LogP) is 2.43. The van der Waals surface area contributed by atoms with Crippen LogP contribution < -0.4 is 5.56 Å². The van der Waals surface area contributed by atoms with Gasteiger partial charge in [0.25, 0.3) is 11.5 Å². The van der Waals surface area contributed by atoms with E-state index in [-0.39, 0.29) is 17.5 Å². The normalized spacial score (nSPS) is 19.1. The van der Waals surface area contributed by atoms with Crippen molar-refractivity contribution in [2.45, 2.75) is 64.5 Å². The van der Waals surface area contributed by atoms with Gasteiger partial charge >= 0.3 is 0 Å². The Morgan fingerprint density at radius 1 is 1.22 bits per heavy atom. The van der Waals surface area contributed by atoms with Crippen LogP contribution in [0, 0.1) is 0 Å². The molecule has 1 saturated carbocycles. The Morgan fingerprint density at radius 3 is 2.65 bits per heavy atom. The molecule has 1 N–H and O–H groups in total. The second-order valence-corrected chi connectivity index (χ2v) is 7.01. The second kappa shape index (κ2) is 5.22. The third kappa shape index (κ3) is 2.19. The Morgan fingerprint density at radius 2 is 1.96 bits per heavy atom. The van der Waals surface area contributed by atoms with Gasteiger partial charge in [0.1, 0.15) is 11.3 Å². The summed E-state index contributed by atoms with van der Waals surface area (Å²) in [5.74, 6) is 0.351. The first-order chi connectivity index (χ1) is 11.1. The average Bonchev–Trinajstić information content (AvgIpc) is 3.11. The van der Waals surface area contributed by atoms with Crippen molar-refractivity contribution in [2.75, 3.05) is 0 Å². The van der Waals surface area contributed by atoms with E-state index in [1.807, 2.05) is 19.9 Å². The van der Waals surface area contributed by atoms with E-state index in [4.69, 9.17) is 0 Å². The number of aromatic amines is 1. The number of carbonyl (C=O) groups excluding carboxylic acids is 1. The third-order valence-electron chi connectivity index (χ3n) is 5.18. The van der Waals surface area contributed by atoms with Crippen LogP contribution in [0.15, 0.2) is 10.9 Å². The molecule has 6 heteroatoms. The maximum atomic E-state index is 12.7. The van der Waals surface area contributed by atoms with Crippen molar-refractivity contribution in [3.05, 3.63) is 33.4 Å². The topological polar surface area (TPSA) is 70.5 Å². The molecule has 0 saturated heterocycles. The molecule has 23 heavy (non-hydrogen) atoms. The average molecular weight is 314 g/mol. The number of rotatable bonds is 2. The van der Waals surface area contributed by atoms with E-state index in [1.165, 1.54) is 23.8 Å². The fourth-order valence-corrected chi connectivity index (χ4v) is 3.81. The number of hydrogen-bond donors (Lipinski definition) is 1. The molecule has 1 fully saturated rings. The molecule has 0 aromatic carbocycles. The lowest BCUT2D eigenvalue weighted by Crippen LogP contribution is -2.31. The molecule has 0 atom stereocenters. The van der Waals surface area contributed by atoms with E-state index in [2.05, 4.69) is 10.1 Å². The Hall–Kier alpha value is -2.11. The van der Waals surface area contributed by atoms with E-state index in [0.29, 0.717) is 29.4 Å². The van der Waals surface area contributed by atoms with Crippen LogP contribution in [-0.2, 0) is 6.54 Å². The van der Waals surface area contributed by atoms with Crippen molar-refractivity contribution in [1.29, 1.82) is 0 Å². The van der Waals surface area contributed by atoms with E-state index < -0.39 is 0 Å². The van der Waals surface area contributed by atoms with Gasteiger partial charge in [-0.1, -0.05) is 19.3 Å². The Balaban J connectivity index is 1.79. The van der Waals surface area contributed by atoms with E-state index in [9.17, 15) is 9.59 Å². The van der Waals surface area contributed by atoms with Gasteiger partial charge in [0, 0.05) is 18.0 Å². The van der Waals surface area contributed by atoms with Gasteiger partial charge in [-0.2, -0.15) is 9.61 Å². The highest BCUT2D eigenvalue weighted by molar-refractivity contribution is 5.96. The zero-order valence-corrected chi connectivity index (χ0v) is 13.6. The molecular formula is C17H22N4O2. The molecule has 2 aliphatic rings. The van der Waals surface area contributed by atoms with Crippen molar-refractivity contribution in [3.8, 4) is 0 Å². The van der Waals surface area contributed by atoms with Gasteiger partial charge in [0.15, 0.2) is 0 Å². The van der Waals surface area contributed by atoms with Crippen molar-refractivity contribution in [1.82, 2.24) is 19.5 Å². The second-order valence-electron chi connectivity index (χ2n) is 7.01. The van der Waals surface area contributed by atoms with E-state index in [0.717, 1.165) is 18.5 Å². The largest absolute Gasteiger partial charge is 0.335 e. The molecule has 1 aliphatic carbocycles. The van der Waals surface area contributed by atoms with E-state index >= 15 is 0 Å². The van der Waals surface area contributed by atoms with Gasteiger partial charge in [0.2, 0.25) is 0 Å². The molecule has 1 aliphatic heterocycles. The molecule has 0 spiro atoms. The molecule has 122 valence electrons. The SMILES string of the molecule is CC(C)N1Cc2c([nH]c3cc(C4CCCCC4)nn3c2=O)C1=O. The summed E-state index contributed by atoms with van der Waals surface area (Å²) in [5.41, 5.74) is 2.43. The molecular weight excluding hydrogens is 292 g/mol. The highest BCUT2D eigenvalue weighted by Gasteiger charge is 2.33. The number of amides is 1. The Kier molecular flexibility index (Phi) is 3.28. The van der Waals surface area contributed by atoms with Crippen molar-refractivity contribution < 1.29 is 4.79 Å². The number of nitrogens with zero attached hydrogens (tertiary/aromatic N) is 3. The summed E-state index contributed by atoms with van der Waals surface area (Å²) in [6.45, 7) is 4.29. The summed E-state index contributed by atoms with van der Waals surface area (Å²) in [6, 6.07) is 2.02. The molecule has 0 radical (unpaired) electrons. The smallest absolute Gasteiger partial charge is 0.280 e. The van der Waals surface area contributed by atoms with Crippen LogP contribution in [0.25, 0.3) is 5.65 Å². The molecule has 0 bridgehead atoms. The van der Waals surface area contributed by atoms with Crippen LogP contribution in [0.5, 0.6) is 0 Å². The zero-order valence-electron chi connectivity index (χ0n) is 13.6. The zero-order chi connectivity index (χ0) is 16.1. The Bertz CT molecular complexity index is 827. The first-order valence-corrected chi connectivity index (χ1v) is 8.52. The van der Waals surface area contributed by atoms with E-state index in [1.54, 1.807) is 4.90 Å². The molecule has 2 aromatic heterocycles. The maximum Gasteiger partial charge on any atom is 0.280 e. The first-order valence-electron chi connectivity index (χ1n) is 8.52. The van der Waals surface area contributed by atoms with Gasteiger partial charge in [-0.25, -0.2) is 0 Å². The van der Waals surface area contributed by atoms with Crippen molar-refractivity contribution >= 4 is 11.6 Å². The van der Waals surface area contributed by atoms with Crippen LogP contribution >= 0.6 is 0 Å². The van der Waals surface area contributed by atoms with Crippen LogP contribution in [0.2, 0.25) is 0 Å². The summed E-state index contributed by atoms with van der Waals surface area (Å²) in [7, 11) is 0. The maximum absolute atomic E-state index is 12.7.